The van der Waals surface area contributed by atoms with Gasteiger partial charge in [-0.1, -0.05) is 0 Å². The van der Waals surface area contributed by atoms with Crippen molar-refractivity contribution in [1.29, 1.82) is 0 Å². The maximum absolute atomic E-state index is 3.60. The van der Waals surface area contributed by atoms with Crippen LogP contribution in [0.1, 0.15) is 0 Å². The maximum atomic E-state index is 3.60. The lowest BCUT2D eigenvalue weighted by molar-refractivity contribution is 0.824. The smallest absolute Gasteiger partial charge is 0.175 e. The van der Waals surface area contributed by atoms with Crippen LogP contribution in [0.5, 0.6) is 0 Å². The highest BCUT2D eigenvalue weighted by molar-refractivity contribution is 4.42. The lowest BCUT2D eigenvalue weighted by Crippen LogP contribution is -2.00. The molecule has 0 atom stereocenters. The predicted molar refractivity (Wildman–Crippen MR) is 17.4 cm³/mol. The molecule has 0 aromatic rings. The van der Waals surface area contributed by atoms with Crippen molar-refractivity contribution in [2.75, 3.05) is 13.1 Å². The molecule has 0 aliphatic carbocycles. The van der Waals surface area contributed by atoms with Crippen LogP contribution in [0, 0.1) is 0 Å². The summed E-state index contributed by atoms with van der Waals surface area (Å²) in [7, 11) is 0. The van der Waals surface area contributed by atoms with Gasteiger partial charge in [0.05, 0.1) is 0 Å². The van der Waals surface area contributed by atoms with Crippen LogP contribution in [-0.2, 0) is 0 Å². The summed E-state index contributed by atoms with van der Waals surface area (Å²) < 4.78 is 0. The van der Waals surface area contributed by atoms with E-state index in [-0.39, 0.29) is 0 Å². The Bertz CT molecular complexity index is 42.9. The van der Waals surface area contributed by atoms with Gasteiger partial charge in [0.2, 0.25) is 0 Å². The first kappa shape index (κ1) is 2.63. The van der Waals surface area contributed by atoms with Crippen molar-refractivity contribution < 1.29 is 0 Å². The Morgan fingerprint density at radius 3 is 3.00 bits per heavy atom. The Labute approximate surface area is 30.1 Å². The van der Waals surface area contributed by atoms with Gasteiger partial charge in [0.25, 0.3) is 0 Å². The van der Waals surface area contributed by atoms with Gasteiger partial charge >= 0.3 is 0 Å². The van der Waals surface area contributed by atoms with E-state index in [1.54, 1.807) is 0 Å². The predicted octanol–water partition coefficient (Wildman–Crippen LogP) is -0.707. The van der Waals surface area contributed by atoms with Gasteiger partial charge in [0.15, 0.2) is 6.54 Å². The Kier molecular flexibility index (Phi) is 0.532. The first-order valence-corrected chi connectivity index (χ1v) is 1.59. The molecule has 1 heterocycles. The standard InChI is InChI=1S/C2H5N3/c1-2-4-5-3-1/h3H,1-2H2/q+1. The average molecular weight is 71.1 g/mol. The highest BCUT2D eigenvalue weighted by Gasteiger charge is 1.97. The van der Waals surface area contributed by atoms with Crippen LogP contribution in [0.4, 0.5) is 0 Å². The molecule has 3 heteroatoms. The molecule has 1 N–H and O–H groups in total. The van der Waals surface area contributed by atoms with E-state index in [0.29, 0.717) is 0 Å². The van der Waals surface area contributed by atoms with Crippen molar-refractivity contribution in [3.05, 3.63) is 0 Å². The minimum absolute atomic E-state index is 0.847. The molecule has 1 aliphatic rings. The van der Waals surface area contributed by atoms with Gasteiger partial charge < -0.3 is 0 Å². The zero-order valence-electron chi connectivity index (χ0n) is 2.81. The molecule has 27 valence electrons. The van der Waals surface area contributed by atoms with Crippen LogP contribution in [0.2, 0.25) is 0 Å². The molecule has 0 aromatic carbocycles. The van der Waals surface area contributed by atoms with Crippen LogP contribution in [0.3, 0.4) is 0 Å². The summed E-state index contributed by atoms with van der Waals surface area (Å²) in [5, 5.41) is 7.06. The van der Waals surface area contributed by atoms with Crippen molar-refractivity contribution in [3.63, 3.8) is 0 Å². The Morgan fingerprint density at radius 1 is 1.80 bits per heavy atom. The van der Waals surface area contributed by atoms with Gasteiger partial charge in [-0.05, 0) is 0 Å². The minimum atomic E-state index is 0.847. The summed E-state index contributed by atoms with van der Waals surface area (Å²) in [6.07, 6.45) is 0. The lowest BCUT2D eigenvalue weighted by Gasteiger charge is -1.60. The molecule has 1 rings (SSSR count). The second-order valence-corrected chi connectivity index (χ2v) is 0.873. The second-order valence-electron chi connectivity index (χ2n) is 0.873. The number of rotatable bonds is 0. The van der Waals surface area contributed by atoms with E-state index in [2.05, 4.69) is 15.8 Å². The van der Waals surface area contributed by atoms with E-state index < -0.39 is 0 Å². The molecule has 1 aliphatic heterocycles. The van der Waals surface area contributed by atoms with Gasteiger partial charge in [-0.25, -0.2) is 0 Å². The number of nitrogens with one attached hydrogen (secondary N) is 1. The van der Waals surface area contributed by atoms with E-state index in [9.17, 15) is 0 Å². The summed E-state index contributed by atoms with van der Waals surface area (Å²) in [5.74, 6) is 0. The molecule has 0 unspecified atom stereocenters. The van der Waals surface area contributed by atoms with Crippen molar-refractivity contribution in [2.24, 2.45) is 5.22 Å². The number of nitrogens with zero attached hydrogens (tertiary/aromatic N) is 2. The molecule has 0 saturated carbocycles. The van der Waals surface area contributed by atoms with Crippen LogP contribution in [0.25, 0.3) is 0 Å². The minimum Gasteiger partial charge on any atom is -0.175 e. The van der Waals surface area contributed by atoms with Crippen molar-refractivity contribution in [3.8, 4) is 0 Å². The highest BCUT2D eigenvalue weighted by atomic mass is 15.5. The van der Waals surface area contributed by atoms with E-state index in [0.717, 1.165) is 13.1 Å². The summed E-state index contributed by atoms with van der Waals surface area (Å²) in [4.78, 5) is 0. The zero-order chi connectivity index (χ0) is 3.54. The molecule has 0 spiro atoms. The second kappa shape index (κ2) is 1.01. The SMILES string of the molecule is C1CNN=[N+]1. The first-order chi connectivity index (χ1) is 2.50. The van der Waals surface area contributed by atoms with Crippen molar-refractivity contribution >= 4 is 0 Å². The van der Waals surface area contributed by atoms with Crippen LogP contribution in [0.15, 0.2) is 5.22 Å². The normalized spacial score (nSPS) is 19.2. The number of hydrogen-bond acceptors (Lipinski definition) is 3. The van der Waals surface area contributed by atoms with E-state index in [1.807, 2.05) is 0 Å². The third kappa shape index (κ3) is 0.344. The van der Waals surface area contributed by atoms with Gasteiger partial charge in [-0.2, -0.15) is 5.43 Å². The van der Waals surface area contributed by atoms with Crippen molar-refractivity contribution in [2.45, 2.75) is 0 Å². The van der Waals surface area contributed by atoms with Gasteiger partial charge in [0.1, 0.15) is 11.8 Å². The van der Waals surface area contributed by atoms with E-state index in [1.165, 1.54) is 0 Å². The molecule has 3 nitrogen and oxygen atoms in total. The molecule has 0 fully saturated rings. The summed E-state index contributed by atoms with van der Waals surface area (Å²) >= 11 is 0. The van der Waals surface area contributed by atoms with Crippen molar-refractivity contribution in [1.82, 2.24) is 10.5 Å². The van der Waals surface area contributed by atoms with Crippen LogP contribution < -0.4 is 10.5 Å². The topological polar surface area (TPSA) is 38.5 Å². The maximum Gasteiger partial charge on any atom is 0.196 e. The Hall–Kier alpha value is -0.600. The average Bonchev–Trinajstić information content (AvgIpc) is 1.76. The highest BCUT2D eigenvalue weighted by Crippen LogP contribution is 1.63. The van der Waals surface area contributed by atoms with E-state index in [4.69, 9.17) is 0 Å². The zero-order valence-corrected chi connectivity index (χ0v) is 2.81. The molecule has 5 heavy (non-hydrogen) atoms. The quantitative estimate of drug-likeness (QED) is 0.402. The monoisotopic (exact) mass is 71.0 g/mol. The van der Waals surface area contributed by atoms with Gasteiger partial charge in [0, 0.05) is 5.11 Å². The summed E-state index contributed by atoms with van der Waals surface area (Å²) in [5.41, 5.74) is 2.68. The van der Waals surface area contributed by atoms with Crippen LogP contribution in [-0.4, -0.2) is 13.1 Å². The first-order valence-electron chi connectivity index (χ1n) is 1.59. The third-order valence-corrected chi connectivity index (χ3v) is 0.465. The lowest BCUT2D eigenvalue weighted by atomic mass is 10.7. The molecule has 0 saturated heterocycles. The fourth-order valence-electron chi connectivity index (χ4n) is 0.250. The number of hydrogen-bond donors (Lipinski definition) is 1. The molecule has 0 bridgehead atoms. The van der Waals surface area contributed by atoms with E-state index >= 15 is 0 Å². The van der Waals surface area contributed by atoms with Gasteiger partial charge in [-0.3, -0.25) is 0 Å². The fraction of sp³-hybridized carbons (Fsp3) is 1.00. The largest absolute Gasteiger partial charge is 0.196 e. The summed E-state index contributed by atoms with van der Waals surface area (Å²) in [6, 6.07) is 0. The Morgan fingerprint density at radius 2 is 2.80 bits per heavy atom. The molecular weight excluding hydrogens is 66.0 g/mol. The summed E-state index contributed by atoms with van der Waals surface area (Å²) in [6.45, 7) is 1.76. The molecule has 1 radical (unpaired) electrons. The molecule has 0 aromatic heterocycles. The molecule has 0 amide bonds. The third-order valence-electron chi connectivity index (χ3n) is 0.465. The molecular formula is C2H5N3+. The van der Waals surface area contributed by atoms with Crippen LogP contribution >= 0.6 is 0 Å². The fourth-order valence-corrected chi connectivity index (χ4v) is 0.250. The Balaban J connectivity index is 2.32. The van der Waals surface area contributed by atoms with Gasteiger partial charge in [-0.15, -0.1) is 0 Å².